The van der Waals surface area contributed by atoms with Crippen LogP contribution in [0.1, 0.15) is 54.4 Å². The van der Waals surface area contributed by atoms with Gasteiger partial charge in [-0.3, -0.25) is 4.90 Å². The van der Waals surface area contributed by atoms with Gasteiger partial charge in [0.15, 0.2) is 0 Å². The monoisotopic (exact) mass is 215 g/mol. The Labute approximate surface area is 95.7 Å². The molecule has 1 fully saturated rings. The molecule has 0 aromatic heterocycles. The summed E-state index contributed by atoms with van der Waals surface area (Å²) in [5.74, 6) is 0.476. The average Bonchev–Trinajstić information content (AvgIpc) is 2.09. The molecule has 0 unspecified atom stereocenters. The number of piperidine rings is 1. The van der Waals surface area contributed by atoms with Gasteiger partial charge in [-0.05, 0) is 39.7 Å². The Kier molecular flexibility index (Phi) is 6.46. The van der Waals surface area contributed by atoms with Crippen LogP contribution < -0.4 is 0 Å². The molecule has 0 amide bonds. The third-order valence-corrected chi connectivity index (χ3v) is 2.87. The van der Waals surface area contributed by atoms with Crippen molar-refractivity contribution in [3.05, 3.63) is 0 Å². The molecule has 15 heavy (non-hydrogen) atoms. The van der Waals surface area contributed by atoms with E-state index < -0.39 is 0 Å². The van der Waals surface area contributed by atoms with Crippen molar-refractivity contribution < 1.29 is 5.11 Å². The van der Waals surface area contributed by atoms with Crippen LogP contribution in [0.4, 0.5) is 0 Å². The second kappa shape index (κ2) is 6.49. The summed E-state index contributed by atoms with van der Waals surface area (Å²) in [4.78, 5) is 2.36. The van der Waals surface area contributed by atoms with Gasteiger partial charge in [-0.2, -0.15) is 0 Å². The molecule has 1 rings (SSSR count). The zero-order valence-corrected chi connectivity index (χ0v) is 11.4. The Balaban J connectivity index is 0.000000583. The van der Waals surface area contributed by atoms with E-state index in [1.807, 2.05) is 0 Å². The highest BCUT2D eigenvalue weighted by Crippen LogP contribution is 2.23. The van der Waals surface area contributed by atoms with Crippen LogP contribution in [0.3, 0.4) is 0 Å². The van der Waals surface area contributed by atoms with E-state index in [1.54, 1.807) is 0 Å². The molecule has 0 aliphatic carbocycles. The predicted molar refractivity (Wildman–Crippen MR) is 67.1 cm³/mol. The number of aliphatic hydroxyl groups excluding tert-OH is 1. The molecule has 1 aliphatic heterocycles. The SMILES string of the molecule is CCC.C[C@@H]1CCN(C(C)(C)C)C[C@@H]1O. The smallest absolute Gasteiger partial charge is 0.0693 e. The van der Waals surface area contributed by atoms with Gasteiger partial charge in [-0.15, -0.1) is 0 Å². The van der Waals surface area contributed by atoms with Crippen molar-refractivity contribution in [2.45, 2.75) is 66.0 Å². The van der Waals surface area contributed by atoms with E-state index in [2.05, 4.69) is 46.4 Å². The van der Waals surface area contributed by atoms with Gasteiger partial charge in [0.2, 0.25) is 0 Å². The maximum atomic E-state index is 9.67. The fraction of sp³-hybridized carbons (Fsp3) is 1.00. The topological polar surface area (TPSA) is 23.5 Å². The minimum atomic E-state index is -0.127. The first-order valence-corrected chi connectivity index (χ1v) is 6.26. The quantitative estimate of drug-likeness (QED) is 0.671. The number of hydrogen-bond donors (Lipinski definition) is 1. The second-order valence-electron chi connectivity index (χ2n) is 5.66. The molecule has 0 bridgehead atoms. The lowest BCUT2D eigenvalue weighted by Crippen LogP contribution is -2.51. The van der Waals surface area contributed by atoms with Gasteiger partial charge < -0.3 is 5.11 Å². The zero-order chi connectivity index (χ0) is 12.1. The highest BCUT2D eigenvalue weighted by atomic mass is 16.3. The molecule has 1 aliphatic rings. The Morgan fingerprint density at radius 1 is 1.27 bits per heavy atom. The summed E-state index contributed by atoms with van der Waals surface area (Å²) in [5, 5.41) is 9.67. The Morgan fingerprint density at radius 2 is 1.73 bits per heavy atom. The van der Waals surface area contributed by atoms with Crippen molar-refractivity contribution >= 4 is 0 Å². The number of β-amino-alcohol motifs (C(OH)–C–C–N with tert-alkyl or cyclic N) is 1. The highest BCUT2D eigenvalue weighted by molar-refractivity contribution is 4.84. The number of nitrogens with zero attached hydrogens (tertiary/aromatic N) is 1. The lowest BCUT2D eigenvalue weighted by molar-refractivity contribution is -0.00914. The van der Waals surface area contributed by atoms with Crippen LogP contribution in [0.5, 0.6) is 0 Å². The van der Waals surface area contributed by atoms with Crippen molar-refractivity contribution in [2.75, 3.05) is 13.1 Å². The first-order valence-electron chi connectivity index (χ1n) is 6.26. The van der Waals surface area contributed by atoms with Crippen molar-refractivity contribution in [1.29, 1.82) is 0 Å². The zero-order valence-electron chi connectivity index (χ0n) is 11.4. The fourth-order valence-corrected chi connectivity index (χ4v) is 1.66. The van der Waals surface area contributed by atoms with Crippen molar-refractivity contribution in [1.82, 2.24) is 4.90 Å². The molecule has 2 atom stereocenters. The molecule has 0 aromatic rings. The van der Waals surface area contributed by atoms with Crippen molar-refractivity contribution in [3.63, 3.8) is 0 Å². The number of hydrogen-bond acceptors (Lipinski definition) is 2. The van der Waals surface area contributed by atoms with E-state index in [0.717, 1.165) is 19.5 Å². The molecule has 0 aromatic carbocycles. The fourth-order valence-electron chi connectivity index (χ4n) is 1.66. The van der Waals surface area contributed by atoms with Gasteiger partial charge in [0, 0.05) is 12.1 Å². The normalized spacial score (nSPS) is 28.2. The minimum Gasteiger partial charge on any atom is -0.392 e. The molecule has 0 saturated carbocycles. The van der Waals surface area contributed by atoms with Crippen LogP contribution in [-0.2, 0) is 0 Å². The molecular formula is C13H29NO. The van der Waals surface area contributed by atoms with Crippen molar-refractivity contribution in [2.24, 2.45) is 5.92 Å². The lowest BCUT2D eigenvalue weighted by Gasteiger charge is -2.42. The molecule has 1 heterocycles. The summed E-state index contributed by atoms with van der Waals surface area (Å²) in [5.41, 5.74) is 0.209. The van der Waals surface area contributed by atoms with Crippen molar-refractivity contribution in [3.8, 4) is 0 Å². The number of aliphatic hydroxyl groups is 1. The molecular weight excluding hydrogens is 186 g/mol. The van der Waals surface area contributed by atoms with Gasteiger partial charge in [0.1, 0.15) is 0 Å². The third kappa shape index (κ3) is 5.53. The van der Waals surface area contributed by atoms with Crippen LogP contribution in [-0.4, -0.2) is 34.7 Å². The van der Waals surface area contributed by atoms with E-state index in [0.29, 0.717) is 5.92 Å². The van der Waals surface area contributed by atoms with E-state index in [1.165, 1.54) is 6.42 Å². The van der Waals surface area contributed by atoms with Gasteiger partial charge in [0.05, 0.1) is 6.10 Å². The highest BCUT2D eigenvalue weighted by Gasteiger charge is 2.30. The molecule has 2 heteroatoms. The first kappa shape index (κ1) is 14.9. The minimum absolute atomic E-state index is 0.127. The van der Waals surface area contributed by atoms with Gasteiger partial charge in [-0.1, -0.05) is 27.2 Å². The van der Waals surface area contributed by atoms with Gasteiger partial charge >= 0.3 is 0 Å². The second-order valence-corrected chi connectivity index (χ2v) is 5.66. The van der Waals surface area contributed by atoms with Crippen LogP contribution in [0.25, 0.3) is 0 Å². The van der Waals surface area contributed by atoms with Crippen LogP contribution in [0.15, 0.2) is 0 Å². The molecule has 0 spiro atoms. The summed E-state index contributed by atoms with van der Waals surface area (Å²) in [6, 6.07) is 0. The van der Waals surface area contributed by atoms with Gasteiger partial charge in [0.25, 0.3) is 0 Å². The maximum Gasteiger partial charge on any atom is 0.0693 e. The molecule has 1 saturated heterocycles. The Bertz CT molecular complexity index is 162. The third-order valence-electron chi connectivity index (χ3n) is 2.87. The largest absolute Gasteiger partial charge is 0.392 e. The van der Waals surface area contributed by atoms with Crippen LogP contribution >= 0.6 is 0 Å². The number of rotatable bonds is 0. The Hall–Kier alpha value is -0.0800. The summed E-state index contributed by atoms with van der Waals surface area (Å²) >= 11 is 0. The van der Waals surface area contributed by atoms with E-state index in [4.69, 9.17) is 0 Å². The summed E-state index contributed by atoms with van der Waals surface area (Å²) < 4.78 is 0. The van der Waals surface area contributed by atoms with Crippen LogP contribution in [0.2, 0.25) is 0 Å². The summed E-state index contributed by atoms with van der Waals surface area (Å²) in [6.07, 6.45) is 2.25. The summed E-state index contributed by atoms with van der Waals surface area (Å²) in [6.45, 7) is 15.0. The maximum absolute atomic E-state index is 9.67. The lowest BCUT2D eigenvalue weighted by atomic mass is 9.92. The number of likely N-dealkylation sites (tertiary alicyclic amines) is 1. The standard InChI is InChI=1S/C10H21NO.C3H8/c1-8-5-6-11(7-9(8)12)10(2,3)4;1-3-2/h8-9,12H,5-7H2,1-4H3;3H2,1-2H3/t8-,9+;/m1./s1. The molecule has 0 radical (unpaired) electrons. The Morgan fingerprint density at radius 3 is 2.07 bits per heavy atom. The van der Waals surface area contributed by atoms with E-state index in [9.17, 15) is 5.11 Å². The van der Waals surface area contributed by atoms with Crippen LogP contribution in [0, 0.1) is 5.92 Å². The predicted octanol–water partition coefficient (Wildman–Crippen LogP) is 2.90. The first-order chi connectivity index (χ1) is 6.82. The van der Waals surface area contributed by atoms with E-state index in [-0.39, 0.29) is 11.6 Å². The van der Waals surface area contributed by atoms with Gasteiger partial charge in [-0.25, -0.2) is 0 Å². The van der Waals surface area contributed by atoms with E-state index >= 15 is 0 Å². The molecule has 92 valence electrons. The molecule has 1 N–H and O–H groups in total. The molecule has 2 nitrogen and oxygen atoms in total. The average molecular weight is 215 g/mol. The summed E-state index contributed by atoms with van der Waals surface area (Å²) in [7, 11) is 0.